The van der Waals surface area contributed by atoms with Crippen molar-refractivity contribution in [2.75, 3.05) is 11.5 Å². The van der Waals surface area contributed by atoms with Crippen LogP contribution < -0.4 is 5.73 Å². The summed E-state index contributed by atoms with van der Waals surface area (Å²) < 4.78 is 35.6. The molecule has 0 saturated carbocycles. The van der Waals surface area contributed by atoms with E-state index in [9.17, 15) is 12.8 Å². The van der Waals surface area contributed by atoms with Crippen LogP contribution in [0.4, 0.5) is 10.1 Å². The Balaban J connectivity index is 2.99. The van der Waals surface area contributed by atoms with Crippen LogP contribution in [0.25, 0.3) is 0 Å². The highest BCUT2D eigenvalue weighted by atomic mass is 32.2. The van der Waals surface area contributed by atoms with Gasteiger partial charge in [0.25, 0.3) is 0 Å². The first-order chi connectivity index (χ1) is 6.44. The summed E-state index contributed by atoms with van der Waals surface area (Å²) in [5.41, 5.74) is 5.79. The van der Waals surface area contributed by atoms with Gasteiger partial charge in [-0.1, -0.05) is 13.0 Å². The Bertz CT molecular complexity index is 428. The standard InChI is InChI=1S/C9H12FNO2S/c1-2-14(12,13)6-7-3-4-8(11)5-9(7)10/h3-5H,2,6,11H2,1H3. The molecule has 5 heteroatoms. The Kier molecular flexibility index (Phi) is 3.10. The smallest absolute Gasteiger partial charge is 0.154 e. The van der Waals surface area contributed by atoms with Crippen molar-refractivity contribution < 1.29 is 12.8 Å². The van der Waals surface area contributed by atoms with Crippen molar-refractivity contribution in [3.05, 3.63) is 29.6 Å². The first-order valence-corrected chi connectivity index (χ1v) is 6.01. The lowest BCUT2D eigenvalue weighted by Crippen LogP contribution is -2.08. The van der Waals surface area contributed by atoms with E-state index < -0.39 is 15.7 Å². The van der Waals surface area contributed by atoms with Crippen molar-refractivity contribution >= 4 is 15.5 Å². The van der Waals surface area contributed by atoms with Gasteiger partial charge < -0.3 is 5.73 Å². The van der Waals surface area contributed by atoms with E-state index >= 15 is 0 Å². The van der Waals surface area contributed by atoms with Gasteiger partial charge in [-0.25, -0.2) is 12.8 Å². The lowest BCUT2D eigenvalue weighted by atomic mass is 10.2. The van der Waals surface area contributed by atoms with E-state index in [2.05, 4.69) is 0 Å². The molecule has 0 aliphatic rings. The summed E-state index contributed by atoms with van der Waals surface area (Å²) in [6.45, 7) is 1.53. The molecule has 0 aliphatic heterocycles. The Morgan fingerprint density at radius 2 is 2.07 bits per heavy atom. The second kappa shape index (κ2) is 3.96. The number of hydrogen-bond donors (Lipinski definition) is 1. The molecule has 1 rings (SSSR count). The van der Waals surface area contributed by atoms with Crippen molar-refractivity contribution in [3.63, 3.8) is 0 Å². The molecule has 2 N–H and O–H groups in total. The molecule has 0 saturated heterocycles. The van der Waals surface area contributed by atoms with Gasteiger partial charge >= 0.3 is 0 Å². The number of halogens is 1. The molecule has 78 valence electrons. The third-order valence-electron chi connectivity index (χ3n) is 1.89. The van der Waals surface area contributed by atoms with E-state index in [1.54, 1.807) is 0 Å². The molecule has 0 fully saturated rings. The van der Waals surface area contributed by atoms with Gasteiger partial charge in [0.2, 0.25) is 0 Å². The number of sulfone groups is 1. The van der Waals surface area contributed by atoms with Gasteiger partial charge in [-0.2, -0.15) is 0 Å². The van der Waals surface area contributed by atoms with Crippen LogP contribution in [0.15, 0.2) is 18.2 Å². The van der Waals surface area contributed by atoms with Gasteiger partial charge in [0.1, 0.15) is 5.82 Å². The molecule has 0 aromatic heterocycles. The van der Waals surface area contributed by atoms with Gasteiger partial charge in [0, 0.05) is 17.0 Å². The molecule has 0 unspecified atom stereocenters. The van der Waals surface area contributed by atoms with Crippen LogP contribution in [0, 0.1) is 5.82 Å². The molecule has 0 atom stereocenters. The van der Waals surface area contributed by atoms with Gasteiger partial charge in [-0.05, 0) is 12.1 Å². The van der Waals surface area contributed by atoms with Crippen molar-refractivity contribution in [1.82, 2.24) is 0 Å². The van der Waals surface area contributed by atoms with Crippen LogP contribution >= 0.6 is 0 Å². The van der Waals surface area contributed by atoms with E-state index in [0.29, 0.717) is 5.69 Å². The highest BCUT2D eigenvalue weighted by Crippen LogP contribution is 2.14. The Morgan fingerprint density at radius 1 is 1.43 bits per heavy atom. The SMILES string of the molecule is CCS(=O)(=O)Cc1ccc(N)cc1F. The summed E-state index contributed by atoms with van der Waals surface area (Å²) in [4.78, 5) is 0. The maximum Gasteiger partial charge on any atom is 0.154 e. The van der Waals surface area contributed by atoms with Crippen molar-refractivity contribution in [2.24, 2.45) is 0 Å². The minimum Gasteiger partial charge on any atom is -0.399 e. The summed E-state index contributed by atoms with van der Waals surface area (Å²) in [5.74, 6) is -0.825. The molecular formula is C9H12FNO2S. The fourth-order valence-corrected chi connectivity index (χ4v) is 1.93. The van der Waals surface area contributed by atoms with E-state index in [4.69, 9.17) is 5.73 Å². The zero-order valence-electron chi connectivity index (χ0n) is 7.83. The van der Waals surface area contributed by atoms with Crippen LogP contribution in [0.5, 0.6) is 0 Å². The fraction of sp³-hybridized carbons (Fsp3) is 0.333. The first kappa shape index (κ1) is 11.0. The van der Waals surface area contributed by atoms with E-state index in [-0.39, 0.29) is 17.1 Å². The summed E-state index contributed by atoms with van der Waals surface area (Å²) in [7, 11) is -3.19. The highest BCUT2D eigenvalue weighted by Gasteiger charge is 2.12. The van der Waals surface area contributed by atoms with Gasteiger partial charge in [-0.15, -0.1) is 0 Å². The average molecular weight is 217 g/mol. The number of hydrogen-bond acceptors (Lipinski definition) is 3. The summed E-state index contributed by atoms with van der Waals surface area (Å²) in [6.07, 6.45) is 0. The van der Waals surface area contributed by atoms with Crippen LogP contribution in [0.1, 0.15) is 12.5 Å². The van der Waals surface area contributed by atoms with Crippen molar-refractivity contribution in [3.8, 4) is 0 Å². The predicted octanol–water partition coefficient (Wildman–Crippen LogP) is 1.34. The van der Waals surface area contributed by atoms with Crippen LogP contribution in [0.2, 0.25) is 0 Å². The second-order valence-electron chi connectivity index (χ2n) is 3.03. The molecule has 1 aromatic carbocycles. The van der Waals surface area contributed by atoms with E-state index in [1.807, 2.05) is 0 Å². The molecular weight excluding hydrogens is 205 g/mol. The number of nitrogens with two attached hydrogens (primary N) is 1. The van der Waals surface area contributed by atoms with Crippen LogP contribution in [-0.2, 0) is 15.6 Å². The van der Waals surface area contributed by atoms with E-state index in [1.165, 1.54) is 19.1 Å². The van der Waals surface area contributed by atoms with E-state index in [0.717, 1.165) is 6.07 Å². The highest BCUT2D eigenvalue weighted by molar-refractivity contribution is 7.90. The molecule has 0 heterocycles. The number of rotatable bonds is 3. The van der Waals surface area contributed by atoms with Gasteiger partial charge in [-0.3, -0.25) is 0 Å². The maximum absolute atomic E-state index is 13.2. The minimum atomic E-state index is -3.19. The normalized spacial score (nSPS) is 11.6. The molecule has 14 heavy (non-hydrogen) atoms. The summed E-state index contributed by atoms with van der Waals surface area (Å²) in [5, 5.41) is 0. The summed E-state index contributed by atoms with van der Waals surface area (Å²) in [6, 6.07) is 4.02. The third kappa shape index (κ3) is 2.70. The first-order valence-electron chi connectivity index (χ1n) is 4.19. The lowest BCUT2D eigenvalue weighted by molar-refractivity contribution is 0.588. The van der Waals surface area contributed by atoms with Gasteiger partial charge in [0.15, 0.2) is 9.84 Å². The molecule has 0 spiro atoms. The number of anilines is 1. The molecule has 1 aromatic rings. The molecule has 0 radical (unpaired) electrons. The Labute approximate surface area is 82.7 Å². The Hall–Kier alpha value is -1.10. The zero-order chi connectivity index (χ0) is 10.8. The van der Waals surface area contributed by atoms with Gasteiger partial charge in [0.05, 0.1) is 5.75 Å². The molecule has 0 bridgehead atoms. The van der Waals surface area contributed by atoms with Crippen LogP contribution in [0.3, 0.4) is 0 Å². The largest absolute Gasteiger partial charge is 0.399 e. The van der Waals surface area contributed by atoms with Crippen molar-refractivity contribution in [1.29, 1.82) is 0 Å². The number of benzene rings is 1. The lowest BCUT2D eigenvalue weighted by Gasteiger charge is -2.03. The zero-order valence-corrected chi connectivity index (χ0v) is 8.64. The second-order valence-corrected chi connectivity index (χ2v) is 5.38. The topological polar surface area (TPSA) is 60.2 Å². The summed E-state index contributed by atoms with van der Waals surface area (Å²) >= 11 is 0. The Morgan fingerprint density at radius 3 is 2.57 bits per heavy atom. The maximum atomic E-state index is 13.2. The number of nitrogen functional groups attached to an aromatic ring is 1. The molecule has 0 aliphatic carbocycles. The predicted molar refractivity (Wildman–Crippen MR) is 54.0 cm³/mol. The molecule has 0 amide bonds. The quantitative estimate of drug-likeness (QED) is 0.777. The van der Waals surface area contributed by atoms with Crippen LogP contribution in [-0.4, -0.2) is 14.2 Å². The van der Waals surface area contributed by atoms with Crippen molar-refractivity contribution in [2.45, 2.75) is 12.7 Å². The monoisotopic (exact) mass is 217 g/mol. The molecule has 3 nitrogen and oxygen atoms in total. The third-order valence-corrected chi connectivity index (χ3v) is 3.52. The minimum absolute atomic E-state index is 0.0107. The average Bonchev–Trinajstić information content (AvgIpc) is 2.10. The fourth-order valence-electron chi connectivity index (χ4n) is 1.02.